The van der Waals surface area contributed by atoms with Crippen LogP contribution in [0.15, 0.2) is 37.3 Å². The highest BCUT2D eigenvalue weighted by atomic mass is 35.5. The van der Waals surface area contributed by atoms with Gasteiger partial charge in [-0.3, -0.25) is 9.69 Å². The molecular formula is C23H25ClN6O6S3. The smallest absolute Gasteiger partial charge is 0.310 e. The van der Waals surface area contributed by atoms with Crippen LogP contribution in [0.1, 0.15) is 35.0 Å². The van der Waals surface area contributed by atoms with Crippen LogP contribution < -0.4 is 5.48 Å². The maximum Gasteiger partial charge on any atom is 0.310 e. The lowest BCUT2D eigenvalue weighted by Crippen LogP contribution is -2.56. The average Bonchev–Trinajstić information content (AvgIpc) is 3.64. The number of carbonyl (C=O) groups is 1. The van der Waals surface area contributed by atoms with Crippen LogP contribution >= 0.6 is 22.9 Å². The van der Waals surface area contributed by atoms with E-state index in [1.165, 1.54) is 4.31 Å². The van der Waals surface area contributed by atoms with Crippen molar-refractivity contribution in [3.05, 3.63) is 46.6 Å². The SMILES string of the molecule is CN1CCc2nc(C(=O)N3CCN(S(=O)(=O)c4cc5ccc(Cl)cc5s4)CC3CCC3=NS(=O)ON3)oc2C1. The number of hydrogen-bond acceptors (Lipinski definition) is 10. The number of hydrogen-bond donors (Lipinski definition) is 1. The van der Waals surface area contributed by atoms with E-state index in [0.717, 1.165) is 33.7 Å². The number of nitrogens with zero attached hydrogens (tertiary/aromatic N) is 5. The van der Waals surface area contributed by atoms with Crippen LogP contribution in [-0.4, -0.2) is 82.7 Å². The number of likely N-dealkylation sites (N-methyl/N-ethyl adjacent to an activating group) is 1. The van der Waals surface area contributed by atoms with E-state index in [-0.39, 0.29) is 35.6 Å². The van der Waals surface area contributed by atoms with Crippen molar-refractivity contribution in [2.45, 2.75) is 36.1 Å². The maximum absolute atomic E-state index is 13.7. The molecule has 5 heterocycles. The number of sulfonamides is 1. The molecule has 0 saturated carbocycles. The van der Waals surface area contributed by atoms with Gasteiger partial charge in [-0.15, -0.1) is 15.7 Å². The van der Waals surface area contributed by atoms with Crippen LogP contribution in [0.3, 0.4) is 0 Å². The van der Waals surface area contributed by atoms with Gasteiger partial charge in [0.1, 0.15) is 15.8 Å². The first kappa shape index (κ1) is 26.8. The summed E-state index contributed by atoms with van der Waals surface area (Å²) in [5.41, 5.74) is 3.30. The molecule has 1 aromatic carbocycles. The third-order valence-corrected chi connectivity index (χ3v) is 11.2. The van der Waals surface area contributed by atoms with Gasteiger partial charge >= 0.3 is 17.2 Å². The maximum atomic E-state index is 13.7. The summed E-state index contributed by atoms with van der Waals surface area (Å²) in [6.07, 6.45) is 1.36. The van der Waals surface area contributed by atoms with Gasteiger partial charge in [-0.05, 0) is 37.1 Å². The van der Waals surface area contributed by atoms with Gasteiger partial charge in [-0.25, -0.2) is 23.1 Å². The second-order valence-corrected chi connectivity index (χ2v) is 14.1. The summed E-state index contributed by atoms with van der Waals surface area (Å²) in [7, 11) is -1.85. The van der Waals surface area contributed by atoms with Gasteiger partial charge in [0.25, 0.3) is 15.9 Å². The number of benzene rings is 1. The predicted molar refractivity (Wildman–Crippen MR) is 146 cm³/mol. The van der Waals surface area contributed by atoms with Crippen LogP contribution in [0.5, 0.6) is 0 Å². The third-order valence-electron chi connectivity index (χ3n) is 6.99. The molecule has 3 aliphatic heterocycles. The van der Waals surface area contributed by atoms with Crippen molar-refractivity contribution in [1.82, 2.24) is 24.6 Å². The number of fused-ring (bicyclic) bond motifs is 2. The number of halogens is 1. The summed E-state index contributed by atoms with van der Waals surface area (Å²) in [5, 5.41) is 1.33. The molecule has 16 heteroatoms. The summed E-state index contributed by atoms with van der Waals surface area (Å²) >= 11 is 5.45. The fourth-order valence-electron chi connectivity index (χ4n) is 4.94. The molecule has 0 spiro atoms. The van der Waals surface area contributed by atoms with E-state index in [4.69, 9.17) is 20.3 Å². The number of oxazole rings is 1. The van der Waals surface area contributed by atoms with E-state index in [2.05, 4.69) is 19.8 Å². The largest absolute Gasteiger partial charge is 0.436 e. The van der Waals surface area contributed by atoms with Crippen molar-refractivity contribution in [3.8, 4) is 0 Å². The lowest BCUT2D eigenvalue weighted by atomic mass is 10.1. The number of aromatic nitrogens is 1. The van der Waals surface area contributed by atoms with E-state index in [0.29, 0.717) is 42.4 Å². The van der Waals surface area contributed by atoms with Gasteiger partial charge in [0.2, 0.25) is 0 Å². The molecule has 0 radical (unpaired) electrons. The highest BCUT2D eigenvalue weighted by Gasteiger charge is 2.39. The first-order valence-corrected chi connectivity index (χ1v) is 15.9. The average molecular weight is 613 g/mol. The Bertz CT molecular complexity index is 1600. The van der Waals surface area contributed by atoms with Crippen LogP contribution in [0, 0.1) is 0 Å². The molecule has 6 rings (SSSR count). The molecule has 208 valence electrons. The molecule has 3 aliphatic rings. The summed E-state index contributed by atoms with van der Waals surface area (Å²) in [6, 6.07) is 6.41. The second kappa shape index (κ2) is 10.5. The fraction of sp³-hybridized carbons (Fsp3) is 0.435. The Labute approximate surface area is 236 Å². The second-order valence-electron chi connectivity index (χ2n) is 9.62. The number of thiophene rings is 1. The van der Waals surface area contributed by atoms with E-state index < -0.39 is 27.3 Å². The number of amidine groups is 1. The molecule has 12 nitrogen and oxygen atoms in total. The number of piperazine rings is 1. The molecule has 3 aromatic rings. The summed E-state index contributed by atoms with van der Waals surface area (Å²) < 4.78 is 55.7. The van der Waals surface area contributed by atoms with Crippen LogP contribution in [-0.2, 0) is 38.5 Å². The zero-order chi connectivity index (χ0) is 27.3. The highest BCUT2D eigenvalue weighted by molar-refractivity contribution is 7.91. The number of nitrogens with one attached hydrogen (secondary N) is 1. The van der Waals surface area contributed by atoms with Crippen molar-refractivity contribution in [2.75, 3.05) is 33.2 Å². The molecule has 1 saturated heterocycles. The Morgan fingerprint density at radius 3 is 2.92 bits per heavy atom. The number of rotatable bonds is 6. The molecule has 39 heavy (non-hydrogen) atoms. The Balaban J connectivity index is 1.25. The fourth-order valence-corrected chi connectivity index (χ4v) is 8.75. The first-order chi connectivity index (χ1) is 18.7. The number of hydroxylamine groups is 1. The van der Waals surface area contributed by atoms with Crippen molar-refractivity contribution in [3.63, 3.8) is 0 Å². The monoisotopic (exact) mass is 612 g/mol. The predicted octanol–water partition coefficient (Wildman–Crippen LogP) is 2.34. The molecular weight excluding hydrogens is 588 g/mol. The summed E-state index contributed by atoms with van der Waals surface area (Å²) in [5.74, 6) is 0.682. The standard InChI is InChI=1S/C23H25ClN6O6S3/c1-28-7-6-17-18(13-28)35-22(25-17)23(31)30-9-8-29(12-16(30)4-5-20-26-36-38(32)27-20)39(33,34)21-10-14-2-3-15(24)11-19(14)37-21/h2-3,10-11,16H,4-9,12-13H2,1H3,(H,26,27). The van der Waals surface area contributed by atoms with Gasteiger partial charge in [-0.2, -0.15) is 8.59 Å². The van der Waals surface area contributed by atoms with Crippen molar-refractivity contribution in [1.29, 1.82) is 0 Å². The van der Waals surface area contributed by atoms with Gasteiger partial charge in [-0.1, -0.05) is 17.7 Å². The lowest BCUT2D eigenvalue weighted by molar-refractivity contribution is 0.0511. The lowest BCUT2D eigenvalue weighted by Gasteiger charge is -2.40. The third kappa shape index (κ3) is 5.36. The van der Waals surface area contributed by atoms with Crippen LogP contribution in [0.2, 0.25) is 5.02 Å². The van der Waals surface area contributed by atoms with E-state index in [1.807, 2.05) is 7.05 Å². The Morgan fingerprint density at radius 2 is 2.13 bits per heavy atom. The van der Waals surface area contributed by atoms with Crippen LogP contribution in [0.25, 0.3) is 10.1 Å². The van der Waals surface area contributed by atoms with Gasteiger partial charge in [0, 0.05) is 54.8 Å². The van der Waals surface area contributed by atoms with Crippen molar-refractivity contribution < 1.29 is 26.1 Å². The topological polar surface area (TPSA) is 138 Å². The van der Waals surface area contributed by atoms with Gasteiger partial charge < -0.3 is 9.32 Å². The van der Waals surface area contributed by atoms with E-state index in [1.54, 1.807) is 29.2 Å². The molecule has 2 atom stereocenters. The normalized spacial score (nSPS) is 22.6. The number of amides is 1. The minimum absolute atomic E-state index is 0.0127. The Hall–Kier alpha value is -2.40. The first-order valence-electron chi connectivity index (χ1n) is 12.3. The zero-order valence-electron chi connectivity index (χ0n) is 20.8. The van der Waals surface area contributed by atoms with Crippen LogP contribution in [0.4, 0.5) is 0 Å². The molecule has 1 amide bonds. The minimum atomic E-state index is -3.83. The van der Waals surface area contributed by atoms with E-state index in [9.17, 15) is 17.4 Å². The zero-order valence-corrected chi connectivity index (χ0v) is 24.0. The van der Waals surface area contributed by atoms with E-state index >= 15 is 0 Å². The molecule has 0 bridgehead atoms. The highest BCUT2D eigenvalue weighted by Crippen LogP contribution is 2.34. The van der Waals surface area contributed by atoms with Gasteiger partial charge in [0.05, 0.1) is 12.2 Å². The quantitative estimate of drug-likeness (QED) is 0.444. The van der Waals surface area contributed by atoms with Crippen molar-refractivity contribution in [2.24, 2.45) is 4.40 Å². The van der Waals surface area contributed by atoms with Gasteiger partial charge in [0.15, 0.2) is 0 Å². The van der Waals surface area contributed by atoms with Crippen molar-refractivity contribution >= 4 is 66.1 Å². The Morgan fingerprint density at radius 1 is 1.28 bits per heavy atom. The molecule has 2 unspecified atom stereocenters. The minimum Gasteiger partial charge on any atom is -0.436 e. The summed E-state index contributed by atoms with van der Waals surface area (Å²) in [6.45, 7) is 1.76. The Kier molecular flexibility index (Phi) is 7.24. The summed E-state index contributed by atoms with van der Waals surface area (Å²) in [4.78, 5) is 21.8. The molecule has 1 fully saturated rings. The molecule has 1 N–H and O–H groups in total. The number of carbonyl (C=O) groups excluding carboxylic acids is 1. The molecule has 2 aromatic heterocycles. The molecule has 0 aliphatic carbocycles.